The van der Waals surface area contributed by atoms with Crippen LogP contribution in [-0.2, 0) is 4.74 Å². The van der Waals surface area contributed by atoms with E-state index < -0.39 is 5.97 Å². The van der Waals surface area contributed by atoms with E-state index in [9.17, 15) is 14.0 Å². The Labute approximate surface area is 150 Å². The molecule has 2 aromatic carbocycles. The van der Waals surface area contributed by atoms with E-state index in [1.165, 1.54) is 12.1 Å². The van der Waals surface area contributed by atoms with Crippen LogP contribution in [0.15, 0.2) is 60.7 Å². The van der Waals surface area contributed by atoms with Crippen LogP contribution in [-0.4, -0.2) is 22.9 Å². The molecule has 5 heteroatoms. The number of hydrogen-bond acceptors (Lipinski definition) is 3. The highest BCUT2D eigenvalue weighted by Gasteiger charge is 2.19. The van der Waals surface area contributed by atoms with Gasteiger partial charge in [-0.25, -0.2) is 9.18 Å². The lowest BCUT2D eigenvalue weighted by molar-refractivity contribution is 0.0474. The molecule has 0 spiro atoms. The van der Waals surface area contributed by atoms with Crippen molar-refractivity contribution in [2.45, 2.75) is 13.8 Å². The zero-order valence-corrected chi connectivity index (χ0v) is 14.5. The summed E-state index contributed by atoms with van der Waals surface area (Å²) in [7, 11) is 0. The van der Waals surface area contributed by atoms with Crippen LogP contribution in [0.5, 0.6) is 0 Å². The van der Waals surface area contributed by atoms with E-state index in [-0.39, 0.29) is 18.2 Å². The highest BCUT2D eigenvalue weighted by molar-refractivity contribution is 5.99. The van der Waals surface area contributed by atoms with Crippen molar-refractivity contribution in [2.24, 2.45) is 0 Å². The Morgan fingerprint density at radius 2 is 1.65 bits per heavy atom. The number of benzene rings is 2. The predicted octanol–water partition coefficient (Wildman–Crippen LogP) is 4.27. The van der Waals surface area contributed by atoms with Gasteiger partial charge in [-0.1, -0.05) is 30.3 Å². The second kappa shape index (κ2) is 7.35. The Hall–Kier alpha value is -3.21. The zero-order chi connectivity index (χ0) is 18.7. The Balaban J connectivity index is 1.77. The molecule has 1 heterocycles. The number of carbonyl (C=O) groups excluding carboxylic acids is 2. The molecule has 0 aliphatic rings. The third-order valence-electron chi connectivity index (χ3n) is 4.17. The van der Waals surface area contributed by atoms with Crippen LogP contribution in [0.25, 0.3) is 5.69 Å². The van der Waals surface area contributed by atoms with E-state index in [1.54, 1.807) is 49.4 Å². The van der Waals surface area contributed by atoms with Gasteiger partial charge in [-0.2, -0.15) is 0 Å². The van der Waals surface area contributed by atoms with E-state index in [4.69, 9.17) is 4.74 Å². The molecule has 3 aromatic rings. The van der Waals surface area contributed by atoms with Crippen molar-refractivity contribution in [2.75, 3.05) is 6.61 Å². The van der Waals surface area contributed by atoms with Gasteiger partial charge < -0.3 is 9.30 Å². The van der Waals surface area contributed by atoms with Crippen LogP contribution in [0.2, 0.25) is 0 Å². The number of ether oxygens (including phenoxy) is 1. The molecule has 0 aliphatic carbocycles. The van der Waals surface area contributed by atoms with E-state index in [1.807, 2.05) is 17.6 Å². The predicted molar refractivity (Wildman–Crippen MR) is 96.3 cm³/mol. The molecule has 0 bridgehead atoms. The molecule has 0 aliphatic heterocycles. The summed E-state index contributed by atoms with van der Waals surface area (Å²) in [5.74, 6) is -1.14. The molecule has 0 saturated carbocycles. The van der Waals surface area contributed by atoms with Crippen molar-refractivity contribution < 1.29 is 18.7 Å². The lowest BCUT2D eigenvalue weighted by Crippen LogP contribution is -2.14. The molecule has 26 heavy (non-hydrogen) atoms. The molecule has 1 aromatic heterocycles. The van der Waals surface area contributed by atoms with Crippen molar-refractivity contribution in [1.29, 1.82) is 0 Å². The van der Waals surface area contributed by atoms with E-state index in [0.29, 0.717) is 16.8 Å². The number of ketones is 1. The first-order valence-electron chi connectivity index (χ1n) is 8.17. The molecule has 0 saturated heterocycles. The first-order chi connectivity index (χ1) is 12.5. The summed E-state index contributed by atoms with van der Waals surface area (Å²) in [6.45, 7) is 3.32. The van der Waals surface area contributed by atoms with Gasteiger partial charge in [0.15, 0.2) is 12.4 Å². The Bertz CT molecular complexity index is 943. The average molecular weight is 351 g/mol. The fourth-order valence-corrected chi connectivity index (χ4v) is 2.87. The third-order valence-corrected chi connectivity index (χ3v) is 4.17. The number of aryl methyl sites for hydroxylation is 1. The summed E-state index contributed by atoms with van der Waals surface area (Å²) in [5.41, 5.74) is 3.12. The van der Waals surface area contributed by atoms with Crippen LogP contribution in [0.1, 0.15) is 32.1 Å². The first-order valence-corrected chi connectivity index (χ1v) is 8.17. The van der Waals surface area contributed by atoms with Crippen LogP contribution >= 0.6 is 0 Å². The monoisotopic (exact) mass is 351 g/mol. The van der Waals surface area contributed by atoms with Gasteiger partial charge in [-0.05, 0) is 44.2 Å². The van der Waals surface area contributed by atoms with E-state index in [0.717, 1.165) is 11.4 Å². The molecule has 132 valence electrons. The molecule has 0 atom stereocenters. The number of rotatable bonds is 5. The Morgan fingerprint density at radius 1 is 1.00 bits per heavy atom. The van der Waals surface area contributed by atoms with Gasteiger partial charge in [0, 0.05) is 22.6 Å². The molecule has 0 unspecified atom stereocenters. The molecule has 0 radical (unpaired) electrons. The van der Waals surface area contributed by atoms with Crippen molar-refractivity contribution in [3.8, 4) is 5.69 Å². The second-order valence-electron chi connectivity index (χ2n) is 5.96. The van der Waals surface area contributed by atoms with Crippen molar-refractivity contribution in [3.63, 3.8) is 0 Å². The summed E-state index contributed by atoms with van der Waals surface area (Å²) in [4.78, 5) is 24.5. The van der Waals surface area contributed by atoms with Crippen LogP contribution in [0.3, 0.4) is 0 Å². The van der Waals surface area contributed by atoms with Gasteiger partial charge in [-0.3, -0.25) is 4.79 Å². The van der Waals surface area contributed by atoms with Crippen LogP contribution in [0.4, 0.5) is 4.39 Å². The average Bonchev–Trinajstić information content (AvgIpc) is 2.95. The number of carbonyl (C=O) groups is 2. The van der Waals surface area contributed by atoms with Gasteiger partial charge in [0.1, 0.15) is 5.82 Å². The summed E-state index contributed by atoms with van der Waals surface area (Å²) >= 11 is 0. The minimum atomic E-state index is -0.559. The number of aromatic nitrogens is 1. The summed E-state index contributed by atoms with van der Waals surface area (Å²) < 4.78 is 20.2. The van der Waals surface area contributed by atoms with Crippen molar-refractivity contribution >= 4 is 11.8 Å². The maximum Gasteiger partial charge on any atom is 0.340 e. The topological polar surface area (TPSA) is 48.3 Å². The highest BCUT2D eigenvalue weighted by Crippen LogP contribution is 2.22. The molecule has 0 fully saturated rings. The first kappa shape index (κ1) is 17.6. The lowest BCUT2D eigenvalue weighted by Gasteiger charge is -2.10. The van der Waals surface area contributed by atoms with Crippen molar-refractivity contribution in [1.82, 2.24) is 4.57 Å². The van der Waals surface area contributed by atoms with E-state index >= 15 is 0 Å². The number of Topliss-reactive ketones (excluding diaryl/α,β-unsaturated/α-hetero) is 1. The standard InChI is InChI=1S/C21H18FNO3/c1-14-12-19(15(2)23(14)18-10-8-17(22)9-11-18)21(25)26-13-20(24)16-6-4-3-5-7-16/h3-12H,13H2,1-2H3. The Morgan fingerprint density at radius 3 is 2.31 bits per heavy atom. The van der Waals surface area contributed by atoms with Gasteiger partial charge in [0.05, 0.1) is 5.56 Å². The van der Waals surface area contributed by atoms with Gasteiger partial charge in [0.25, 0.3) is 0 Å². The number of esters is 1. The highest BCUT2D eigenvalue weighted by atomic mass is 19.1. The molecular formula is C21H18FNO3. The minimum absolute atomic E-state index is 0.258. The van der Waals surface area contributed by atoms with Crippen LogP contribution in [0, 0.1) is 19.7 Å². The summed E-state index contributed by atoms with van der Waals surface area (Å²) in [6, 6.07) is 16.4. The molecule has 4 nitrogen and oxygen atoms in total. The van der Waals surface area contributed by atoms with Crippen LogP contribution < -0.4 is 0 Å². The maximum atomic E-state index is 13.1. The molecule has 0 amide bonds. The largest absolute Gasteiger partial charge is 0.454 e. The Kier molecular flexibility index (Phi) is 4.98. The third kappa shape index (κ3) is 3.57. The summed E-state index contributed by atoms with van der Waals surface area (Å²) in [6.07, 6.45) is 0. The second-order valence-corrected chi connectivity index (χ2v) is 5.96. The molecular weight excluding hydrogens is 333 g/mol. The summed E-state index contributed by atoms with van der Waals surface area (Å²) in [5, 5.41) is 0. The number of hydrogen-bond donors (Lipinski definition) is 0. The number of nitrogens with zero attached hydrogens (tertiary/aromatic N) is 1. The van der Waals surface area contributed by atoms with Gasteiger partial charge in [0.2, 0.25) is 0 Å². The zero-order valence-electron chi connectivity index (χ0n) is 14.5. The normalized spacial score (nSPS) is 10.6. The maximum absolute atomic E-state index is 13.1. The van der Waals surface area contributed by atoms with Gasteiger partial charge >= 0.3 is 5.97 Å². The van der Waals surface area contributed by atoms with E-state index in [2.05, 4.69) is 0 Å². The van der Waals surface area contributed by atoms with Crippen molar-refractivity contribution in [3.05, 3.63) is 89.0 Å². The van der Waals surface area contributed by atoms with Gasteiger partial charge in [-0.15, -0.1) is 0 Å². The minimum Gasteiger partial charge on any atom is -0.454 e. The smallest absolute Gasteiger partial charge is 0.340 e. The number of halogens is 1. The lowest BCUT2D eigenvalue weighted by atomic mass is 10.1. The fraction of sp³-hybridized carbons (Fsp3) is 0.143. The fourth-order valence-electron chi connectivity index (χ4n) is 2.87. The molecule has 0 N–H and O–H groups in total. The quantitative estimate of drug-likeness (QED) is 0.509. The SMILES string of the molecule is Cc1cc(C(=O)OCC(=O)c2ccccc2)c(C)n1-c1ccc(F)cc1. The molecule has 3 rings (SSSR count).